The summed E-state index contributed by atoms with van der Waals surface area (Å²) in [6, 6.07) is 3.33. The van der Waals surface area contributed by atoms with Crippen molar-refractivity contribution < 1.29 is 9.59 Å². The first-order valence-electron chi connectivity index (χ1n) is 6.19. The number of hydrogen-bond acceptors (Lipinski definition) is 5. The van der Waals surface area contributed by atoms with Crippen molar-refractivity contribution in [2.45, 2.75) is 18.9 Å². The average molecular weight is 288 g/mol. The molecule has 1 saturated carbocycles. The van der Waals surface area contributed by atoms with E-state index < -0.39 is 0 Å². The number of thiazole rings is 1. The molecule has 0 aliphatic heterocycles. The first kappa shape index (κ1) is 12.7. The van der Waals surface area contributed by atoms with Gasteiger partial charge in [-0.25, -0.2) is 0 Å². The normalized spacial score (nSPS) is 13.8. The molecule has 102 valence electrons. The Balaban J connectivity index is 1.72. The number of hydrogen-bond donors (Lipinski definition) is 2. The van der Waals surface area contributed by atoms with Crippen LogP contribution in [0.5, 0.6) is 0 Å². The van der Waals surface area contributed by atoms with Crippen molar-refractivity contribution in [1.82, 2.24) is 15.3 Å². The first-order chi connectivity index (χ1) is 9.72. The highest BCUT2D eigenvalue weighted by Crippen LogP contribution is 2.19. The van der Waals surface area contributed by atoms with Crippen LogP contribution in [0.3, 0.4) is 0 Å². The largest absolute Gasteiger partial charge is 0.348 e. The second kappa shape index (κ2) is 5.38. The Hall–Kier alpha value is -2.28. The molecule has 0 spiro atoms. The van der Waals surface area contributed by atoms with Crippen molar-refractivity contribution in [2.75, 3.05) is 5.32 Å². The van der Waals surface area contributed by atoms with Crippen LogP contribution in [-0.4, -0.2) is 27.8 Å². The topological polar surface area (TPSA) is 84.0 Å². The molecule has 1 aliphatic rings. The van der Waals surface area contributed by atoms with E-state index in [1.165, 1.54) is 23.6 Å². The zero-order valence-electron chi connectivity index (χ0n) is 10.5. The molecule has 2 aromatic rings. The van der Waals surface area contributed by atoms with E-state index in [4.69, 9.17) is 0 Å². The third-order valence-electron chi connectivity index (χ3n) is 2.84. The van der Waals surface area contributed by atoms with Crippen LogP contribution in [0, 0.1) is 0 Å². The van der Waals surface area contributed by atoms with E-state index in [-0.39, 0.29) is 23.6 Å². The van der Waals surface area contributed by atoms with Gasteiger partial charge >= 0.3 is 0 Å². The number of anilines is 1. The Morgan fingerprint density at radius 3 is 2.85 bits per heavy atom. The van der Waals surface area contributed by atoms with Crippen LogP contribution in [-0.2, 0) is 0 Å². The molecule has 0 aromatic carbocycles. The van der Waals surface area contributed by atoms with Gasteiger partial charge in [-0.15, -0.1) is 11.3 Å². The number of carbonyl (C=O) groups is 2. The third kappa shape index (κ3) is 3.00. The molecule has 0 unspecified atom stereocenters. The van der Waals surface area contributed by atoms with Gasteiger partial charge in [-0.1, -0.05) is 0 Å². The summed E-state index contributed by atoms with van der Waals surface area (Å²) < 4.78 is 0. The summed E-state index contributed by atoms with van der Waals surface area (Å²) in [4.78, 5) is 31.8. The lowest BCUT2D eigenvalue weighted by Crippen LogP contribution is -2.26. The van der Waals surface area contributed by atoms with E-state index >= 15 is 0 Å². The smallest absolute Gasteiger partial charge is 0.270 e. The van der Waals surface area contributed by atoms with Crippen molar-refractivity contribution in [3.8, 4) is 0 Å². The molecule has 1 fully saturated rings. The number of aromatic nitrogens is 2. The zero-order valence-corrected chi connectivity index (χ0v) is 11.3. The van der Waals surface area contributed by atoms with Crippen LogP contribution in [0.2, 0.25) is 0 Å². The molecule has 20 heavy (non-hydrogen) atoms. The highest BCUT2D eigenvalue weighted by Gasteiger charge is 2.24. The van der Waals surface area contributed by atoms with Crippen LogP contribution in [0.1, 0.15) is 33.7 Å². The summed E-state index contributed by atoms with van der Waals surface area (Å²) in [6.07, 6.45) is 5.06. The van der Waals surface area contributed by atoms with Gasteiger partial charge in [0.2, 0.25) is 0 Å². The fraction of sp³-hybridized carbons (Fsp3) is 0.231. The standard InChI is InChI=1S/C13H12N4O2S/c18-12(17-11-6-14-7-20-11)8-3-4-15-10(5-8)13(19)16-9-1-2-9/h3-7,9H,1-2H2,(H,16,19)(H,17,18). The Labute approximate surface area is 119 Å². The Kier molecular flexibility index (Phi) is 3.42. The number of carbonyl (C=O) groups excluding carboxylic acids is 2. The van der Waals surface area contributed by atoms with Gasteiger partial charge in [-0.05, 0) is 25.0 Å². The van der Waals surface area contributed by atoms with Crippen LogP contribution < -0.4 is 10.6 Å². The summed E-state index contributed by atoms with van der Waals surface area (Å²) in [6.45, 7) is 0. The second-order valence-electron chi connectivity index (χ2n) is 4.50. The number of nitrogens with zero attached hydrogens (tertiary/aromatic N) is 2. The molecule has 2 heterocycles. The number of pyridine rings is 1. The van der Waals surface area contributed by atoms with Gasteiger partial charge in [-0.2, -0.15) is 0 Å². The molecule has 1 aliphatic carbocycles. The summed E-state index contributed by atoms with van der Waals surface area (Å²) >= 11 is 1.34. The molecule has 7 heteroatoms. The maximum atomic E-state index is 12.0. The van der Waals surface area contributed by atoms with Gasteiger partial charge in [0, 0.05) is 17.8 Å². The van der Waals surface area contributed by atoms with E-state index in [2.05, 4.69) is 20.6 Å². The van der Waals surface area contributed by atoms with Crippen LogP contribution in [0.15, 0.2) is 30.0 Å². The molecular weight excluding hydrogens is 276 g/mol. The predicted octanol–water partition coefficient (Wildman–Crippen LogP) is 1.68. The van der Waals surface area contributed by atoms with E-state index in [9.17, 15) is 9.59 Å². The Morgan fingerprint density at radius 1 is 1.30 bits per heavy atom. The van der Waals surface area contributed by atoms with Gasteiger partial charge in [0.25, 0.3) is 11.8 Å². The molecule has 0 atom stereocenters. The number of rotatable bonds is 4. The highest BCUT2D eigenvalue weighted by molar-refractivity contribution is 7.14. The van der Waals surface area contributed by atoms with E-state index in [1.807, 2.05) is 0 Å². The average Bonchev–Trinajstić information content (AvgIpc) is 3.12. The number of nitrogens with one attached hydrogen (secondary N) is 2. The van der Waals surface area contributed by atoms with E-state index in [0.717, 1.165) is 12.8 Å². The summed E-state index contributed by atoms with van der Waals surface area (Å²) in [7, 11) is 0. The monoisotopic (exact) mass is 288 g/mol. The van der Waals surface area contributed by atoms with Gasteiger partial charge in [-0.3, -0.25) is 19.6 Å². The highest BCUT2D eigenvalue weighted by atomic mass is 32.1. The van der Waals surface area contributed by atoms with Crippen molar-refractivity contribution >= 4 is 28.2 Å². The minimum Gasteiger partial charge on any atom is -0.348 e. The minimum atomic E-state index is -0.280. The molecule has 0 saturated heterocycles. The van der Waals surface area contributed by atoms with Gasteiger partial charge in [0.15, 0.2) is 0 Å². The Morgan fingerprint density at radius 2 is 2.15 bits per heavy atom. The predicted molar refractivity (Wildman–Crippen MR) is 74.8 cm³/mol. The van der Waals surface area contributed by atoms with Crippen molar-refractivity contribution in [3.63, 3.8) is 0 Å². The van der Waals surface area contributed by atoms with Crippen molar-refractivity contribution in [3.05, 3.63) is 41.3 Å². The molecule has 3 rings (SSSR count). The van der Waals surface area contributed by atoms with Crippen molar-refractivity contribution in [2.24, 2.45) is 0 Å². The fourth-order valence-electron chi connectivity index (χ4n) is 1.64. The zero-order chi connectivity index (χ0) is 13.9. The number of amides is 2. The van der Waals surface area contributed by atoms with Crippen LogP contribution in [0.4, 0.5) is 5.00 Å². The lowest BCUT2D eigenvalue weighted by molar-refractivity contribution is 0.0946. The molecular formula is C13H12N4O2S. The molecule has 0 radical (unpaired) electrons. The van der Waals surface area contributed by atoms with E-state index in [0.29, 0.717) is 10.6 Å². The van der Waals surface area contributed by atoms with Crippen LogP contribution in [0.25, 0.3) is 0 Å². The Bertz CT molecular complexity index is 638. The molecule has 6 nitrogen and oxygen atoms in total. The quantitative estimate of drug-likeness (QED) is 0.896. The molecule has 2 N–H and O–H groups in total. The van der Waals surface area contributed by atoms with Crippen LogP contribution >= 0.6 is 11.3 Å². The summed E-state index contributed by atoms with van der Waals surface area (Å²) in [5.74, 6) is -0.517. The van der Waals surface area contributed by atoms with Gasteiger partial charge < -0.3 is 10.6 Å². The van der Waals surface area contributed by atoms with Gasteiger partial charge in [0.1, 0.15) is 10.7 Å². The third-order valence-corrected chi connectivity index (χ3v) is 3.52. The minimum absolute atomic E-state index is 0.236. The molecule has 2 amide bonds. The fourth-order valence-corrected chi connectivity index (χ4v) is 2.15. The van der Waals surface area contributed by atoms with E-state index in [1.54, 1.807) is 17.8 Å². The SMILES string of the molecule is O=C(Nc1cncs1)c1ccnc(C(=O)NC2CC2)c1. The van der Waals surface area contributed by atoms with Crippen molar-refractivity contribution in [1.29, 1.82) is 0 Å². The molecule has 0 bridgehead atoms. The lowest BCUT2D eigenvalue weighted by atomic mass is 10.2. The first-order valence-corrected chi connectivity index (χ1v) is 7.07. The maximum absolute atomic E-state index is 12.0. The summed E-state index contributed by atoms with van der Waals surface area (Å²) in [5.41, 5.74) is 2.29. The van der Waals surface area contributed by atoms with Gasteiger partial charge in [0.05, 0.1) is 11.7 Å². The lowest BCUT2D eigenvalue weighted by Gasteiger charge is -2.05. The second-order valence-corrected chi connectivity index (χ2v) is 5.38. The molecule has 2 aromatic heterocycles. The maximum Gasteiger partial charge on any atom is 0.270 e. The summed E-state index contributed by atoms with van der Waals surface area (Å²) in [5, 5.41) is 6.22.